The number of amides is 1. The average molecular weight is 281 g/mol. The Labute approximate surface area is 119 Å². The van der Waals surface area contributed by atoms with Crippen molar-refractivity contribution in [3.8, 4) is 0 Å². The van der Waals surface area contributed by atoms with Crippen LogP contribution in [-0.2, 0) is 0 Å². The Balaban J connectivity index is 1.97. The van der Waals surface area contributed by atoms with Crippen molar-refractivity contribution in [1.82, 2.24) is 10.6 Å². The van der Waals surface area contributed by atoms with Crippen LogP contribution in [0.4, 0.5) is 0 Å². The van der Waals surface area contributed by atoms with Gasteiger partial charge < -0.3 is 10.6 Å². The lowest BCUT2D eigenvalue weighted by Gasteiger charge is -2.34. The molecule has 1 aromatic rings. The monoisotopic (exact) mass is 280 g/mol. The molecule has 1 saturated heterocycles. The first-order valence-electron chi connectivity index (χ1n) is 6.75. The highest BCUT2D eigenvalue weighted by Gasteiger charge is 2.27. The number of hydrogen-bond acceptors (Lipinski definition) is 2. The van der Waals surface area contributed by atoms with Crippen molar-refractivity contribution in [1.29, 1.82) is 0 Å². The molecule has 0 spiro atoms. The van der Waals surface area contributed by atoms with Crippen molar-refractivity contribution in [2.75, 3.05) is 19.6 Å². The van der Waals surface area contributed by atoms with Gasteiger partial charge in [-0.2, -0.15) is 0 Å². The number of halogens is 1. The zero-order chi connectivity index (χ0) is 13.9. The molecule has 0 atom stereocenters. The molecule has 0 saturated carbocycles. The summed E-state index contributed by atoms with van der Waals surface area (Å²) in [6.07, 6.45) is 2.21. The maximum absolute atomic E-state index is 12.2. The molecule has 1 aliphatic heterocycles. The minimum Gasteiger partial charge on any atom is -0.351 e. The zero-order valence-electron chi connectivity index (χ0n) is 11.6. The third-order valence-electron chi connectivity index (χ3n) is 3.92. The van der Waals surface area contributed by atoms with Gasteiger partial charge in [0.25, 0.3) is 5.91 Å². The lowest BCUT2D eigenvalue weighted by atomic mass is 9.81. The summed E-state index contributed by atoms with van der Waals surface area (Å²) in [7, 11) is 0. The summed E-state index contributed by atoms with van der Waals surface area (Å²) in [5, 5.41) is 7.07. The summed E-state index contributed by atoms with van der Waals surface area (Å²) in [6.45, 7) is 6.95. The number of carbonyl (C=O) groups excluding carboxylic acids is 1. The summed E-state index contributed by atoms with van der Waals surface area (Å²) >= 11 is 5.90. The van der Waals surface area contributed by atoms with Crippen molar-refractivity contribution in [3.05, 3.63) is 34.3 Å². The van der Waals surface area contributed by atoms with E-state index in [1.807, 2.05) is 13.0 Å². The highest BCUT2D eigenvalue weighted by atomic mass is 35.5. The summed E-state index contributed by atoms with van der Waals surface area (Å²) in [5.41, 5.74) is 1.84. The molecule has 2 N–H and O–H groups in total. The molecular formula is C15H21ClN2O. The summed E-state index contributed by atoms with van der Waals surface area (Å²) < 4.78 is 0. The Kier molecular flexibility index (Phi) is 4.48. The molecule has 1 aromatic carbocycles. The van der Waals surface area contributed by atoms with Crippen LogP contribution in [0.2, 0.25) is 5.02 Å². The topological polar surface area (TPSA) is 41.1 Å². The summed E-state index contributed by atoms with van der Waals surface area (Å²) in [6, 6.07) is 5.37. The fraction of sp³-hybridized carbons (Fsp3) is 0.533. The van der Waals surface area contributed by atoms with Crippen LogP contribution in [0.5, 0.6) is 0 Å². The second kappa shape index (κ2) is 5.93. The van der Waals surface area contributed by atoms with Crippen molar-refractivity contribution < 1.29 is 4.79 Å². The molecule has 0 unspecified atom stereocenters. The first-order valence-corrected chi connectivity index (χ1v) is 7.13. The maximum Gasteiger partial charge on any atom is 0.251 e. The maximum atomic E-state index is 12.2. The van der Waals surface area contributed by atoms with Crippen LogP contribution in [-0.4, -0.2) is 25.5 Å². The molecule has 4 heteroatoms. The van der Waals surface area contributed by atoms with Gasteiger partial charge >= 0.3 is 0 Å². The minimum atomic E-state index is -0.00563. The van der Waals surface area contributed by atoms with Crippen molar-refractivity contribution in [2.24, 2.45) is 5.41 Å². The second-order valence-corrected chi connectivity index (χ2v) is 6.14. The molecule has 1 amide bonds. The third-order valence-corrected chi connectivity index (χ3v) is 4.15. The van der Waals surface area contributed by atoms with E-state index in [4.69, 9.17) is 11.6 Å². The largest absolute Gasteiger partial charge is 0.351 e. The van der Waals surface area contributed by atoms with Gasteiger partial charge in [0.05, 0.1) is 0 Å². The molecule has 0 radical (unpaired) electrons. The molecule has 1 fully saturated rings. The quantitative estimate of drug-likeness (QED) is 0.894. The zero-order valence-corrected chi connectivity index (χ0v) is 12.3. The molecule has 19 heavy (non-hydrogen) atoms. The standard InChI is InChI=1S/C15H21ClN2O/c1-11-9-12(16)3-4-13(11)14(19)18-10-15(2)5-7-17-8-6-15/h3-4,9,17H,5-8,10H2,1-2H3,(H,18,19). The van der Waals surface area contributed by atoms with Crippen LogP contribution in [0.1, 0.15) is 35.7 Å². The highest BCUT2D eigenvalue weighted by molar-refractivity contribution is 6.30. The van der Waals surface area contributed by atoms with E-state index >= 15 is 0 Å². The SMILES string of the molecule is Cc1cc(Cl)ccc1C(=O)NCC1(C)CCNCC1. The Morgan fingerprint density at radius 1 is 1.42 bits per heavy atom. The molecule has 104 valence electrons. The average Bonchev–Trinajstić information content (AvgIpc) is 2.37. The first-order chi connectivity index (χ1) is 9.00. The van der Waals surface area contributed by atoms with Gasteiger partial charge in [0.1, 0.15) is 0 Å². The fourth-order valence-corrected chi connectivity index (χ4v) is 2.70. The third kappa shape index (κ3) is 3.71. The molecule has 2 rings (SSSR count). The molecule has 1 heterocycles. The van der Waals surface area contributed by atoms with Gasteiger partial charge in [-0.3, -0.25) is 4.79 Å². The number of benzene rings is 1. The van der Waals surface area contributed by atoms with Gasteiger partial charge in [-0.15, -0.1) is 0 Å². The van der Waals surface area contributed by atoms with Crippen LogP contribution in [0.15, 0.2) is 18.2 Å². The van der Waals surface area contributed by atoms with Crippen LogP contribution in [0, 0.1) is 12.3 Å². The number of carbonyl (C=O) groups is 1. The van der Waals surface area contributed by atoms with E-state index < -0.39 is 0 Å². The Hall–Kier alpha value is -1.06. The number of piperidine rings is 1. The van der Waals surface area contributed by atoms with E-state index in [1.54, 1.807) is 12.1 Å². The molecule has 3 nitrogen and oxygen atoms in total. The normalized spacial score (nSPS) is 18.1. The van der Waals surface area contributed by atoms with Gasteiger partial charge in [-0.25, -0.2) is 0 Å². The molecule has 0 aliphatic carbocycles. The molecule has 1 aliphatic rings. The Morgan fingerprint density at radius 2 is 2.11 bits per heavy atom. The Morgan fingerprint density at radius 3 is 2.74 bits per heavy atom. The molecular weight excluding hydrogens is 260 g/mol. The van der Waals surface area contributed by atoms with E-state index in [-0.39, 0.29) is 11.3 Å². The number of hydrogen-bond donors (Lipinski definition) is 2. The predicted molar refractivity (Wildman–Crippen MR) is 78.7 cm³/mol. The van der Waals surface area contributed by atoms with Crippen LogP contribution in [0.25, 0.3) is 0 Å². The van der Waals surface area contributed by atoms with Gasteiger partial charge in [0.2, 0.25) is 0 Å². The van der Waals surface area contributed by atoms with E-state index in [1.165, 1.54) is 0 Å². The smallest absolute Gasteiger partial charge is 0.251 e. The number of rotatable bonds is 3. The molecule has 0 bridgehead atoms. The highest BCUT2D eigenvalue weighted by Crippen LogP contribution is 2.26. The van der Waals surface area contributed by atoms with Gasteiger partial charge in [0, 0.05) is 17.1 Å². The van der Waals surface area contributed by atoms with Crippen LogP contribution >= 0.6 is 11.6 Å². The van der Waals surface area contributed by atoms with Gasteiger partial charge in [-0.05, 0) is 62.0 Å². The molecule has 0 aromatic heterocycles. The van der Waals surface area contributed by atoms with E-state index in [2.05, 4.69) is 17.6 Å². The predicted octanol–water partition coefficient (Wildman–Crippen LogP) is 2.77. The van der Waals surface area contributed by atoms with E-state index in [0.29, 0.717) is 10.6 Å². The lowest BCUT2D eigenvalue weighted by molar-refractivity contribution is 0.0921. The summed E-state index contributed by atoms with van der Waals surface area (Å²) in [5.74, 6) is -0.00563. The first kappa shape index (κ1) is 14.4. The summed E-state index contributed by atoms with van der Waals surface area (Å²) in [4.78, 5) is 12.2. The number of nitrogens with one attached hydrogen (secondary N) is 2. The van der Waals surface area contributed by atoms with Crippen molar-refractivity contribution >= 4 is 17.5 Å². The van der Waals surface area contributed by atoms with Crippen LogP contribution in [0.3, 0.4) is 0 Å². The Bertz CT molecular complexity index is 467. The second-order valence-electron chi connectivity index (χ2n) is 5.70. The van der Waals surface area contributed by atoms with Crippen molar-refractivity contribution in [3.63, 3.8) is 0 Å². The van der Waals surface area contributed by atoms with Gasteiger partial charge in [-0.1, -0.05) is 18.5 Å². The van der Waals surface area contributed by atoms with E-state index in [9.17, 15) is 4.79 Å². The minimum absolute atomic E-state index is 0.00563. The fourth-order valence-electron chi connectivity index (χ4n) is 2.48. The van der Waals surface area contributed by atoms with Gasteiger partial charge in [0.15, 0.2) is 0 Å². The lowest BCUT2D eigenvalue weighted by Crippen LogP contribution is -2.43. The number of aryl methyl sites for hydroxylation is 1. The van der Waals surface area contributed by atoms with E-state index in [0.717, 1.165) is 38.0 Å². The van der Waals surface area contributed by atoms with Crippen molar-refractivity contribution in [2.45, 2.75) is 26.7 Å². The van der Waals surface area contributed by atoms with Crippen LogP contribution < -0.4 is 10.6 Å².